The molecule has 4 aromatic rings. The quantitative estimate of drug-likeness (QED) is 0.611. The van der Waals surface area contributed by atoms with E-state index in [0.717, 1.165) is 21.2 Å². The largest absolute Gasteiger partial charge is 0.323 e. The number of aromatic nitrogens is 4. The Balaban J connectivity index is 1.70. The maximum atomic E-state index is 5.89. The minimum atomic E-state index is 0.579. The maximum Gasteiger partial charge on any atom is 0.251 e. The van der Waals surface area contributed by atoms with Gasteiger partial charge in [-0.1, -0.05) is 53.3 Å². The molecular weight excluding hydrogens is 318 g/mol. The van der Waals surface area contributed by atoms with E-state index in [1.165, 1.54) is 11.3 Å². The molecule has 0 bridgehead atoms. The number of nitrogens with zero attached hydrogens (tertiary/aromatic N) is 4. The van der Waals surface area contributed by atoms with Gasteiger partial charge in [-0.25, -0.2) is 0 Å². The van der Waals surface area contributed by atoms with Crippen LogP contribution in [0.2, 0.25) is 5.02 Å². The molecule has 2 aromatic carbocycles. The van der Waals surface area contributed by atoms with Crippen LogP contribution in [0.1, 0.15) is 0 Å². The number of benzene rings is 2. The predicted molar refractivity (Wildman–Crippen MR) is 88.8 cm³/mol. The average molecular weight is 328 g/mol. The van der Waals surface area contributed by atoms with Crippen molar-refractivity contribution in [2.75, 3.05) is 5.32 Å². The van der Waals surface area contributed by atoms with Crippen molar-refractivity contribution in [3.63, 3.8) is 0 Å². The number of hydrogen-bond donors (Lipinski definition) is 1. The average Bonchev–Trinajstić information content (AvgIpc) is 3.12. The molecule has 7 heteroatoms. The molecule has 0 amide bonds. The van der Waals surface area contributed by atoms with Crippen LogP contribution < -0.4 is 5.32 Å². The van der Waals surface area contributed by atoms with Crippen LogP contribution in [0.4, 0.5) is 11.6 Å². The number of anilines is 2. The maximum absolute atomic E-state index is 5.89. The summed E-state index contributed by atoms with van der Waals surface area (Å²) in [5, 5.41) is 17.7. The van der Waals surface area contributed by atoms with Gasteiger partial charge in [-0.05, 0) is 24.3 Å². The van der Waals surface area contributed by atoms with Gasteiger partial charge < -0.3 is 5.32 Å². The van der Waals surface area contributed by atoms with Gasteiger partial charge in [-0.3, -0.25) is 0 Å². The molecule has 22 heavy (non-hydrogen) atoms. The lowest BCUT2D eigenvalue weighted by atomic mass is 10.2. The van der Waals surface area contributed by atoms with Crippen LogP contribution in [0.3, 0.4) is 0 Å². The highest BCUT2D eigenvalue weighted by Gasteiger charge is 2.12. The van der Waals surface area contributed by atoms with Gasteiger partial charge in [0.05, 0.1) is 0 Å². The van der Waals surface area contributed by atoms with Crippen molar-refractivity contribution in [2.24, 2.45) is 0 Å². The van der Waals surface area contributed by atoms with Crippen molar-refractivity contribution in [1.82, 2.24) is 19.8 Å². The first kappa shape index (κ1) is 13.2. The lowest BCUT2D eigenvalue weighted by molar-refractivity contribution is 0.969. The van der Waals surface area contributed by atoms with Gasteiger partial charge in [0.25, 0.3) is 5.95 Å². The number of rotatable bonds is 3. The van der Waals surface area contributed by atoms with Crippen LogP contribution in [0.15, 0.2) is 54.6 Å². The third-order valence-electron chi connectivity index (χ3n) is 3.11. The molecule has 0 atom stereocenters. The molecule has 0 radical (unpaired) electrons. The van der Waals surface area contributed by atoms with E-state index in [1.807, 2.05) is 54.6 Å². The first-order chi connectivity index (χ1) is 10.8. The molecule has 0 saturated heterocycles. The van der Waals surface area contributed by atoms with Gasteiger partial charge >= 0.3 is 0 Å². The molecule has 2 aromatic heterocycles. The normalized spacial score (nSPS) is 11.0. The van der Waals surface area contributed by atoms with Crippen LogP contribution in [-0.4, -0.2) is 19.8 Å². The van der Waals surface area contributed by atoms with Crippen LogP contribution in [0.25, 0.3) is 15.5 Å². The van der Waals surface area contributed by atoms with Gasteiger partial charge in [0.1, 0.15) is 5.01 Å². The van der Waals surface area contributed by atoms with E-state index in [-0.39, 0.29) is 0 Å². The highest BCUT2D eigenvalue weighted by Crippen LogP contribution is 2.27. The summed E-state index contributed by atoms with van der Waals surface area (Å²) in [6.07, 6.45) is 0. The lowest BCUT2D eigenvalue weighted by Gasteiger charge is -2.02. The van der Waals surface area contributed by atoms with E-state index < -0.39 is 0 Å². The summed E-state index contributed by atoms with van der Waals surface area (Å²) in [6, 6.07) is 17.4. The Morgan fingerprint density at radius 2 is 1.73 bits per heavy atom. The van der Waals surface area contributed by atoms with Crippen LogP contribution in [0.5, 0.6) is 0 Å². The minimum Gasteiger partial charge on any atom is -0.323 e. The summed E-state index contributed by atoms with van der Waals surface area (Å²) in [5.74, 6) is 0.579. The fourth-order valence-electron chi connectivity index (χ4n) is 2.05. The molecule has 4 rings (SSSR count). The van der Waals surface area contributed by atoms with Crippen LogP contribution in [0, 0.1) is 0 Å². The molecule has 1 N–H and O–H groups in total. The molecule has 0 saturated carbocycles. The Morgan fingerprint density at radius 3 is 2.50 bits per heavy atom. The van der Waals surface area contributed by atoms with E-state index in [9.17, 15) is 0 Å². The van der Waals surface area contributed by atoms with Crippen molar-refractivity contribution in [3.8, 4) is 10.6 Å². The van der Waals surface area contributed by atoms with Gasteiger partial charge in [0, 0.05) is 16.3 Å². The first-order valence-electron chi connectivity index (χ1n) is 6.60. The molecule has 0 unspecified atom stereocenters. The Kier molecular flexibility index (Phi) is 3.25. The van der Waals surface area contributed by atoms with Crippen molar-refractivity contribution >= 4 is 39.5 Å². The fourth-order valence-corrected chi connectivity index (χ4v) is 3.03. The van der Waals surface area contributed by atoms with Gasteiger partial charge in [-0.2, -0.15) is 9.61 Å². The summed E-state index contributed by atoms with van der Waals surface area (Å²) in [4.78, 5) is 0.746. The van der Waals surface area contributed by atoms with Crippen LogP contribution in [-0.2, 0) is 0 Å². The van der Waals surface area contributed by atoms with Crippen molar-refractivity contribution < 1.29 is 0 Å². The second-order valence-corrected chi connectivity index (χ2v) is 6.02. The Bertz CT molecular complexity index is 914. The molecule has 0 aliphatic heterocycles. The molecule has 0 aliphatic carbocycles. The molecule has 5 nitrogen and oxygen atoms in total. The molecule has 2 heterocycles. The van der Waals surface area contributed by atoms with E-state index in [0.29, 0.717) is 11.0 Å². The van der Waals surface area contributed by atoms with Crippen molar-refractivity contribution in [2.45, 2.75) is 0 Å². The number of nitrogens with one attached hydrogen (secondary N) is 1. The summed E-state index contributed by atoms with van der Waals surface area (Å²) >= 11 is 7.39. The van der Waals surface area contributed by atoms with Gasteiger partial charge in [-0.15, -0.1) is 10.2 Å². The Hall–Kier alpha value is -2.44. The van der Waals surface area contributed by atoms with E-state index in [4.69, 9.17) is 11.6 Å². The summed E-state index contributed by atoms with van der Waals surface area (Å²) in [7, 11) is 0. The smallest absolute Gasteiger partial charge is 0.251 e. The third kappa shape index (κ3) is 2.43. The highest BCUT2D eigenvalue weighted by atomic mass is 35.5. The number of hydrogen-bond acceptors (Lipinski definition) is 5. The minimum absolute atomic E-state index is 0.579. The van der Waals surface area contributed by atoms with Crippen molar-refractivity contribution in [3.05, 3.63) is 59.6 Å². The Morgan fingerprint density at radius 1 is 0.955 bits per heavy atom. The SMILES string of the molecule is Clc1ccc(Nc2nnc3sc(-c4ccccc4)nn23)cc1. The zero-order chi connectivity index (χ0) is 14.9. The standard InChI is InChI=1S/C15H10ClN5S/c16-11-6-8-12(9-7-11)17-14-18-19-15-21(14)20-13(22-15)10-4-2-1-3-5-10/h1-9H,(H,17,18). The summed E-state index contributed by atoms with van der Waals surface area (Å²) in [5.41, 5.74) is 1.95. The molecule has 0 spiro atoms. The molecule has 0 aliphatic rings. The molecule has 108 valence electrons. The third-order valence-corrected chi connectivity index (χ3v) is 4.31. The highest BCUT2D eigenvalue weighted by molar-refractivity contribution is 7.19. The predicted octanol–water partition coefficient (Wildman–Crippen LogP) is 4.25. The topological polar surface area (TPSA) is 55.1 Å². The molecule has 0 fully saturated rings. The van der Waals surface area contributed by atoms with Crippen molar-refractivity contribution in [1.29, 1.82) is 0 Å². The first-order valence-corrected chi connectivity index (χ1v) is 7.79. The fraction of sp³-hybridized carbons (Fsp3) is 0. The zero-order valence-corrected chi connectivity index (χ0v) is 12.8. The second kappa shape index (κ2) is 5.40. The van der Waals surface area contributed by atoms with E-state index in [2.05, 4.69) is 20.6 Å². The van der Waals surface area contributed by atoms with Gasteiger partial charge in [0.15, 0.2) is 0 Å². The van der Waals surface area contributed by atoms with Gasteiger partial charge in [0.2, 0.25) is 4.96 Å². The molecular formula is C15H10ClN5S. The van der Waals surface area contributed by atoms with E-state index in [1.54, 1.807) is 4.52 Å². The summed E-state index contributed by atoms with van der Waals surface area (Å²) < 4.78 is 1.71. The number of halogens is 1. The Labute approximate surface area is 135 Å². The zero-order valence-electron chi connectivity index (χ0n) is 11.3. The summed E-state index contributed by atoms with van der Waals surface area (Å²) in [6.45, 7) is 0. The van der Waals surface area contributed by atoms with Crippen LogP contribution >= 0.6 is 22.9 Å². The second-order valence-electron chi connectivity index (χ2n) is 4.62. The lowest BCUT2D eigenvalue weighted by Crippen LogP contribution is -1.97. The monoisotopic (exact) mass is 327 g/mol. The van der Waals surface area contributed by atoms with E-state index >= 15 is 0 Å². The number of fused-ring (bicyclic) bond motifs is 1.